The molecule has 0 fully saturated rings. The number of halogens is 2. The molecular formula is C16H15F2N3O3. The number of hydrogen-bond acceptors (Lipinski definition) is 3. The average molecular weight is 335 g/mol. The van der Waals surface area contributed by atoms with Gasteiger partial charge in [0, 0.05) is 18.3 Å². The lowest BCUT2D eigenvalue weighted by atomic mass is 10.2. The Morgan fingerprint density at radius 2 is 1.75 bits per heavy atom. The Bertz CT molecular complexity index is 736. The van der Waals surface area contributed by atoms with Gasteiger partial charge in [-0.3, -0.25) is 5.32 Å². The second-order valence-electron chi connectivity index (χ2n) is 4.75. The third kappa shape index (κ3) is 4.94. The number of urea groups is 1. The van der Waals surface area contributed by atoms with Gasteiger partial charge >= 0.3 is 12.1 Å². The van der Waals surface area contributed by atoms with Gasteiger partial charge in [0.25, 0.3) is 0 Å². The summed E-state index contributed by atoms with van der Waals surface area (Å²) in [6.45, 7) is 0.188. The van der Waals surface area contributed by atoms with Crippen molar-refractivity contribution in [3.8, 4) is 0 Å². The molecule has 0 saturated carbocycles. The van der Waals surface area contributed by atoms with Crippen molar-refractivity contribution in [2.24, 2.45) is 0 Å². The average Bonchev–Trinajstić information content (AvgIpc) is 2.56. The molecule has 24 heavy (non-hydrogen) atoms. The standard InChI is InChI=1S/C16H15F2N3O3/c1-24-16(23)20-12-5-2-10(3-6-12)9-19-15(22)21-14-7-4-11(17)8-13(14)18/h2-8H,9H2,1H3,(H,20,23)(H2,19,21,22). The number of anilines is 2. The van der Waals surface area contributed by atoms with E-state index in [0.29, 0.717) is 11.8 Å². The van der Waals surface area contributed by atoms with Crippen molar-refractivity contribution in [1.82, 2.24) is 5.32 Å². The predicted octanol–water partition coefficient (Wildman–Crippen LogP) is 3.46. The minimum Gasteiger partial charge on any atom is -0.453 e. The summed E-state index contributed by atoms with van der Waals surface area (Å²) in [5.41, 5.74) is 1.19. The molecule has 3 N–H and O–H groups in total. The molecule has 0 heterocycles. The Kier molecular flexibility index (Phi) is 5.67. The lowest BCUT2D eigenvalue weighted by Crippen LogP contribution is -2.28. The van der Waals surface area contributed by atoms with Crippen LogP contribution in [0.1, 0.15) is 5.56 Å². The summed E-state index contributed by atoms with van der Waals surface area (Å²) in [4.78, 5) is 22.8. The van der Waals surface area contributed by atoms with Crippen molar-refractivity contribution in [2.75, 3.05) is 17.7 Å². The summed E-state index contributed by atoms with van der Waals surface area (Å²) in [6, 6.07) is 8.92. The number of amides is 3. The highest BCUT2D eigenvalue weighted by atomic mass is 19.1. The van der Waals surface area contributed by atoms with E-state index in [0.717, 1.165) is 17.7 Å². The van der Waals surface area contributed by atoms with Gasteiger partial charge in [0.05, 0.1) is 12.8 Å². The number of nitrogens with one attached hydrogen (secondary N) is 3. The molecule has 0 aliphatic rings. The molecule has 0 aliphatic heterocycles. The number of carbonyl (C=O) groups is 2. The normalized spacial score (nSPS) is 9.96. The van der Waals surface area contributed by atoms with E-state index in [1.54, 1.807) is 24.3 Å². The van der Waals surface area contributed by atoms with Gasteiger partial charge in [-0.2, -0.15) is 0 Å². The summed E-state index contributed by atoms with van der Waals surface area (Å²) >= 11 is 0. The summed E-state index contributed by atoms with van der Waals surface area (Å²) in [7, 11) is 1.26. The molecule has 2 aromatic carbocycles. The SMILES string of the molecule is COC(=O)Nc1ccc(CNC(=O)Nc2ccc(F)cc2F)cc1. The maximum absolute atomic E-state index is 13.4. The lowest BCUT2D eigenvalue weighted by Gasteiger charge is -2.09. The van der Waals surface area contributed by atoms with Gasteiger partial charge < -0.3 is 15.4 Å². The zero-order valence-corrected chi connectivity index (χ0v) is 12.7. The van der Waals surface area contributed by atoms with E-state index in [4.69, 9.17) is 0 Å². The molecule has 6 nitrogen and oxygen atoms in total. The molecule has 2 aromatic rings. The molecule has 0 bridgehead atoms. The first-order chi connectivity index (χ1) is 11.5. The fourth-order valence-corrected chi connectivity index (χ4v) is 1.81. The number of benzene rings is 2. The van der Waals surface area contributed by atoms with Crippen LogP contribution < -0.4 is 16.0 Å². The predicted molar refractivity (Wildman–Crippen MR) is 84.7 cm³/mol. The van der Waals surface area contributed by atoms with Crippen LogP contribution in [0.5, 0.6) is 0 Å². The minimum atomic E-state index is -0.858. The third-order valence-electron chi connectivity index (χ3n) is 3.02. The molecule has 0 radical (unpaired) electrons. The van der Waals surface area contributed by atoms with Crippen LogP contribution >= 0.6 is 0 Å². The first-order valence-electron chi connectivity index (χ1n) is 6.92. The van der Waals surface area contributed by atoms with Crippen molar-refractivity contribution >= 4 is 23.5 Å². The van der Waals surface area contributed by atoms with E-state index in [2.05, 4.69) is 20.7 Å². The highest BCUT2D eigenvalue weighted by Gasteiger charge is 2.08. The third-order valence-corrected chi connectivity index (χ3v) is 3.02. The van der Waals surface area contributed by atoms with Gasteiger partial charge in [-0.05, 0) is 29.8 Å². The zero-order valence-electron chi connectivity index (χ0n) is 12.7. The lowest BCUT2D eigenvalue weighted by molar-refractivity contribution is 0.187. The van der Waals surface area contributed by atoms with Crippen molar-refractivity contribution in [1.29, 1.82) is 0 Å². The Morgan fingerprint density at radius 3 is 2.38 bits per heavy atom. The van der Waals surface area contributed by atoms with Crippen molar-refractivity contribution in [3.05, 3.63) is 59.7 Å². The number of methoxy groups -OCH3 is 1. The molecule has 0 saturated heterocycles. The number of rotatable bonds is 4. The fraction of sp³-hybridized carbons (Fsp3) is 0.125. The quantitative estimate of drug-likeness (QED) is 0.800. The number of ether oxygens (including phenoxy) is 1. The number of carbonyl (C=O) groups excluding carboxylic acids is 2. The van der Waals surface area contributed by atoms with Crippen LogP contribution in [0.3, 0.4) is 0 Å². The van der Waals surface area contributed by atoms with Gasteiger partial charge in [0.1, 0.15) is 11.6 Å². The summed E-state index contributed by atoms with van der Waals surface area (Å²) in [5, 5.41) is 7.32. The van der Waals surface area contributed by atoms with Crippen LogP contribution in [0, 0.1) is 11.6 Å². The van der Waals surface area contributed by atoms with Gasteiger partial charge in [-0.1, -0.05) is 12.1 Å². The molecule has 8 heteroatoms. The largest absolute Gasteiger partial charge is 0.453 e. The Labute approximate surface area is 136 Å². The van der Waals surface area contributed by atoms with Crippen molar-refractivity contribution in [3.63, 3.8) is 0 Å². The summed E-state index contributed by atoms with van der Waals surface area (Å²) < 4.78 is 30.7. The molecule has 0 spiro atoms. The molecule has 0 aliphatic carbocycles. The second kappa shape index (κ2) is 7.91. The maximum atomic E-state index is 13.4. The Balaban J connectivity index is 1.86. The van der Waals surface area contributed by atoms with E-state index >= 15 is 0 Å². The van der Waals surface area contributed by atoms with E-state index in [1.165, 1.54) is 7.11 Å². The first-order valence-corrected chi connectivity index (χ1v) is 6.92. The van der Waals surface area contributed by atoms with E-state index < -0.39 is 23.8 Å². The fourth-order valence-electron chi connectivity index (χ4n) is 1.81. The molecule has 0 aromatic heterocycles. The molecule has 0 unspecified atom stereocenters. The van der Waals surface area contributed by atoms with Crippen LogP contribution in [0.2, 0.25) is 0 Å². The van der Waals surface area contributed by atoms with Crippen LogP contribution in [-0.2, 0) is 11.3 Å². The number of hydrogen-bond donors (Lipinski definition) is 3. The van der Waals surface area contributed by atoms with Gasteiger partial charge in [0.2, 0.25) is 0 Å². The smallest absolute Gasteiger partial charge is 0.411 e. The van der Waals surface area contributed by atoms with Crippen LogP contribution in [-0.4, -0.2) is 19.2 Å². The topological polar surface area (TPSA) is 79.5 Å². The second-order valence-corrected chi connectivity index (χ2v) is 4.75. The van der Waals surface area contributed by atoms with Gasteiger partial charge in [-0.25, -0.2) is 18.4 Å². The summed E-state index contributed by atoms with van der Waals surface area (Å²) in [5.74, 6) is -1.58. The minimum absolute atomic E-state index is 0.119. The van der Waals surface area contributed by atoms with Crippen LogP contribution in [0.15, 0.2) is 42.5 Å². The maximum Gasteiger partial charge on any atom is 0.411 e. The summed E-state index contributed by atoms with van der Waals surface area (Å²) in [6.07, 6.45) is -0.582. The molecule has 2 rings (SSSR count). The van der Waals surface area contributed by atoms with Crippen molar-refractivity contribution < 1.29 is 23.1 Å². The Hall–Kier alpha value is -3.16. The van der Waals surface area contributed by atoms with Crippen LogP contribution in [0.25, 0.3) is 0 Å². The Morgan fingerprint density at radius 1 is 1.04 bits per heavy atom. The van der Waals surface area contributed by atoms with E-state index in [1.807, 2.05) is 0 Å². The molecule has 126 valence electrons. The molecule has 0 atom stereocenters. The van der Waals surface area contributed by atoms with E-state index in [9.17, 15) is 18.4 Å². The zero-order chi connectivity index (χ0) is 17.5. The monoisotopic (exact) mass is 335 g/mol. The first kappa shape index (κ1) is 17.2. The molecular weight excluding hydrogens is 320 g/mol. The van der Waals surface area contributed by atoms with E-state index in [-0.39, 0.29) is 12.2 Å². The highest BCUT2D eigenvalue weighted by molar-refractivity contribution is 5.89. The highest BCUT2D eigenvalue weighted by Crippen LogP contribution is 2.15. The molecule has 3 amide bonds. The van der Waals surface area contributed by atoms with Gasteiger partial charge in [0.15, 0.2) is 0 Å². The van der Waals surface area contributed by atoms with Crippen molar-refractivity contribution in [2.45, 2.75) is 6.54 Å². The van der Waals surface area contributed by atoms with Crippen LogP contribution in [0.4, 0.5) is 29.7 Å². The van der Waals surface area contributed by atoms with Gasteiger partial charge in [-0.15, -0.1) is 0 Å².